The van der Waals surface area contributed by atoms with E-state index in [0.29, 0.717) is 12.1 Å². The van der Waals surface area contributed by atoms with E-state index in [0.717, 1.165) is 57.0 Å². The Bertz CT molecular complexity index is 1250. The van der Waals surface area contributed by atoms with Crippen molar-refractivity contribution in [2.24, 2.45) is 0 Å². The van der Waals surface area contributed by atoms with Gasteiger partial charge in [0.05, 0.1) is 27.3 Å². The number of carboxylic acids is 1. The molecule has 1 aliphatic rings. The number of anilines is 1. The number of nitrogens with one attached hydrogen (secondary N) is 1. The van der Waals surface area contributed by atoms with Gasteiger partial charge in [-0.25, -0.2) is 9.18 Å². The second-order valence-electron chi connectivity index (χ2n) is 8.05. The summed E-state index contributed by atoms with van der Waals surface area (Å²) in [5.74, 6) is -1.76. The first kappa shape index (κ1) is 22.4. The number of rotatable bonds is 7. The van der Waals surface area contributed by atoms with Gasteiger partial charge in [0.25, 0.3) is 11.2 Å². The lowest BCUT2D eigenvalue weighted by molar-refractivity contribution is -0.383. The normalized spacial score (nSPS) is 14.5. The largest absolute Gasteiger partial charge is 0.478 e. The predicted molar refractivity (Wildman–Crippen MR) is 122 cm³/mol. The first-order valence-electron chi connectivity index (χ1n) is 10.6. The number of benzene rings is 2. The summed E-state index contributed by atoms with van der Waals surface area (Å²) in [6.07, 6.45) is 1.29. The van der Waals surface area contributed by atoms with Crippen LogP contribution in [0.15, 0.2) is 47.3 Å². The number of carboxylic acid groups (broad SMARTS) is 1. The van der Waals surface area contributed by atoms with Gasteiger partial charge in [-0.3, -0.25) is 19.8 Å². The lowest BCUT2D eigenvalue weighted by atomic mass is 10.1. The van der Waals surface area contributed by atoms with Crippen LogP contribution in [0.2, 0.25) is 0 Å². The van der Waals surface area contributed by atoms with Crippen LogP contribution in [-0.4, -0.2) is 58.6 Å². The van der Waals surface area contributed by atoms with Crippen molar-refractivity contribution in [1.29, 1.82) is 0 Å². The minimum absolute atomic E-state index is 0.0297. The van der Waals surface area contributed by atoms with Crippen molar-refractivity contribution < 1.29 is 19.2 Å². The molecule has 1 aliphatic heterocycles. The van der Waals surface area contributed by atoms with Crippen molar-refractivity contribution in [1.82, 2.24) is 9.88 Å². The second-order valence-corrected chi connectivity index (χ2v) is 8.05. The highest BCUT2D eigenvalue weighted by Gasteiger charge is 2.19. The monoisotopic (exact) mass is 454 g/mol. The molecule has 0 spiro atoms. The maximum atomic E-state index is 13.6. The van der Waals surface area contributed by atoms with Crippen molar-refractivity contribution >= 4 is 28.1 Å². The van der Waals surface area contributed by atoms with E-state index < -0.39 is 28.0 Å². The molecule has 0 amide bonds. The SMILES string of the molecule is O=C(O)c1ccc(N2CCN(CCCc3cc4c([N+](=O)[O-])cc(F)cc4c(=O)[nH]3)CC2)cc1. The fourth-order valence-electron chi connectivity index (χ4n) is 4.19. The number of hydrogen-bond donors (Lipinski definition) is 2. The molecule has 2 heterocycles. The van der Waals surface area contributed by atoms with Gasteiger partial charge in [0.2, 0.25) is 0 Å². The van der Waals surface area contributed by atoms with Gasteiger partial charge in [0.15, 0.2) is 0 Å². The molecule has 0 unspecified atom stereocenters. The third kappa shape index (κ3) is 5.01. The zero-order valence-electron chi connectivity index (χ0n) is 17.8. The van der Waals surface area contributed by atoms with Crippen LogP contribution in [0.1, 0.15) is 22.5 Å². The molecule has 1 aromatic heterocycles. The van der Waals surface area contributed by atoms with Gasteiger partial charge in [-0.2, -0.15) is 0 Å². The van der Waals surface area contributed by atoms with E-state index in [1.165, 1.54) is 0 Å². The van der Waals surface area contributed by atoms with Gasteiger partial charge in [-0.1, -0.05) is 0 Å². The molecular formula is C23H23FN4O5. The van der Waals surface area contributed by atoms with E-state index in [1.54, 1.807) is 18.2 Å². The summed E-state index contributed by atoms with van der Waals surface area (Å²) in [6, 6.07) is 10.3. The van der Waals surface area contributed by atoms with Gasteiger partial charge in [-0.15, -0.1) is 0 Å². The topological polar surface area (TPSA) is 120 Å². The Hall–Kier alpha value is -3.79. The number of H-pyrrole nitrogens is 1. The lowest BCUT2D eigenvalue weighted by Crippen LogP contribution is -2.46. The summed E-state index contributed by atoms with van der Waals surface area (Å²) in [7, 11) is 0. The van der Waals surface area contributed by atoms with E-state index >= 15 is 0 Å². The number of nitro benzene ring substituents is 1. The molecule has 172 valence electrons. The van der Waals surface area contributed by atoms with E-state index in [2.05, 4.69) is 14.8 Å². The maximum absolute atomic E-state index is 13.6. The molecule has 0 aliphatic carbocycles. The lowest BCUT2D eigenvalue weighted by Gasteiger charge is -2.36. The van der Waals surface area contributed by atoms with Crippen LogP contribution in [0.25, 0.3) is 10.8 Å². The van der Waals surface area contributed by atoms with Gasteiger partial charge in [-0.05, 0) is 55.8 Å². The van der Waals surface area contributed by atoms with Gasteiger partial charge in [0.1, 0.15) is 5.82 Å². The molecule has 1 fully saturated rings. The fourth-order valence-corrected chi connectivity index (χ4v) is 4.19. The van der Waals surface area contributed by atoms with Crippen LogP contribution in [0.4, 0.5) is 15.8 Å². The smallest absolute Gasteiger partial charge is 0.335 e. The van der Waals surface area contributed by atoms with Crippen LogP contribution >= 0.6 is 0 Å². The quantitative estimate of drug-likeness (QED) is 0.416. The molecule has 0 atom stereocenters. The Balaban J connectivity index is 1.34. The van der Waals surface area contributed by atoms with Crippen molar-refractivity contribution in [3.63, 3.8) is 0 Å². The summed E-state index contributed by atoms with van der Waals surface area (Å²) in [4.78, 5) is 41.1. The number of aromatic carboxylic acids is 1. The Labute approximate surface area is 188 Å². The van der Waals surface area contributed by atoms with Crippen molar-refractivity contribution in [3.8, 4) is 0 Å². The van der Waals surface area contributed by atoms with Crippen LogP contribution in [-0.2, 0) is 6.42 Å². The molecule has 2 aromatic carbocycles. The molecule has 0 radical (unpaired) electrons. The highest BCUT2D eigenvalue weighted by Crippen LogP contribution is 2.25. The van der Waals surface area contributed by atoms with Gasteiger partial charge < -0.3 is 15.0 Å². The van der Waals surface area contributed by atoms with E-state index in [-0.39, 0.29) is 16.3 Å². The summed E-state index contributed by atoms with van der Waals surface area (Å²) >= 11 is 0. The Morgan fingerprint density at radius 1 is 1.09 bits per heavy atom. The zero-order valence-corrected chi connectivity index (χ0v) is 17.8. The summed E-state index contributed by atoms with van der Waals surface area (Å²) in [6.45, 7) is 4.13. The third-order valence-corrected chi connectivity index (χ3v) is 5.93. The fraction of sp³-hybridized carbons (Fsp3) is 0.304. The van der Waals surface area contributed by atoms with E-state index in [9.17, 15) is 24.1 Å². The number of hydrogen-bond acceptors (Lipinski definition) is 6. The molecule has 2 N–H and O–H groups in total. The number of piperazine rings is 1. The first-order valence-corrected chi connectivity index (χ1v) is 10.6. The number of fused-ring (bicyclic) bond motifs is 1. The number of aromatic nitrogens is 1. The van der Waals surface area contributed by atoms with Crippen molar-refractivity contribution in [2.45, 2.75) is 12.8 Å². The molecule has 1 saturated heterocycles. The van der Waals surface area contributed by atoms with Crippen molar-refractivity contribution in [3.05, 3.63) is 80.0 Å². The number of nitrogens with zero attached hydrogens (tertiary/aromatic N) is 3. The summed E-state index contributed by atoms with van der Waals surface area (Å²) in [5, 5.41) is 20.4. The van der Waals surface area contributed by atoms with Gasteiger partial charge >= 0.3 is 5.97 Å². The zero-order chi connectivity index (χ0) is 23.5. The van der Waals surface area contributed by atoms with Crippen LogP contribution in [0.5, 0.6) is 0 Å². The summed E-state index contributed by atoms with van der Waals surface area (Å²) in [5.41, 5.74) is 0.892. The standard InChI is InChI=1S/C23H23FN4O5/c24-16-12-20-19(21(13-16)28(32)33)14-17(25-22(20)29)2-1-7-26-8-10-27(11-9-26)18-5-3-15(4-6-18)23(30)31/h3-6,12-14H,1-2,7-11H2,(H,25,29)(H,30,31). The Kier molecular flexibility index (Phi) is 6.36. The summed E-state index contributed by atoms with van der Waals surface area (Å²) < 4.78 is 13.6. The number of nitro groups is 1. The molecule has 4 rings (SSSR count). The van der Waals surface area contributed by atoms with Crippen LogP contribution in [0, 0.1) is 15.9 Å². The molecule has 3 aromatic rings. The Morgan fingerprint density at radius 2 is 1.79 bits per heavy atom. The van der Waals surface area contributed by atoms with Crippen LogP contribution < -0.4 is 10.5 Å². The number of aryl methyl sites for hydroxylation is 1. The first-order chi connectivity index (χ1) is 15.8. The van der Waals surface area contributed by atoms with E-state index in [4.69, 9.17) is 5.11 Å². The third-order valence-electron chi connectivity index (χ3n) is 5.93. The minimum Gasteiger partial charge on any atom is -0.478 e. The Morgan fingerprint density at radius 3 is 2.42 bits per heavy atom. The average Bonchev–Trinajstić information content (AvgIpc) is 2.79. The maximum Gasteiger partial charge on any atom is 0.335 e. The van der Waals surface area contributed by atoms with Gasteiger partial charge in [0, 0.05) is 37.6 Å². The van der Waals surface area contributed by atoms with Crippen molar-refractivity contribution in [2.75, 3.05) is 37.6 Å². The molecule has 0 saturated carbocycles. The highest BCUT2D eigenvalue weighted by molar-refractivity contribution is 5.90. The minimum atomic E-state index is -0.944. The van der Waals surface area contributed by atoms with E-state index in [1.807, 2.05) is 12.1 Å². The molecule has 33 heavy (non-hydrogen) atoms. The number of halogens is 1. The number of pyridine rings is 1. The second kappa shape index (κ2) is 9.37. The van der Waals surface area contributed by atoms with Crippen LogP contribution in [0.3, 0.4) is 0 Å². The number of non-ortho nitro benzene ring substituents is 1. The number of carbonyl (C=O) groups is 1. The predicted octanol–water partition coefficient (Wildman–Crippen LogP) is 3.03. The number of aromatic amines is 1. The molecule has 0 bridgehead atoms. The molecule has 9 nitrogen and oxygen atoms in total. The molecule has 10 heteroatoms. The average molecular weight is 454 g/mol. The molecular weight excluding hydrogens is 431 g/mol. The highest BCUT2D eigenvalue weighted by atomic mass is 19.1.